The highest BCUT2D eigenvalue weighted by Crippen LogP contribution is 2.31. The van der Waals surface area contributed by atoms with E-state index in [9.17, 15) is 9.18 Å². The van der Waals surface area contributed by atoms with E-state index in [1.807, 2.05) is 42.5 Å². The topological polar surface area (TPSA) is 33.2 Å². The summed E-state index contributed by atoms with van der Waals surface area (Å²) in [5.41, 5.74) is 3.18. The highest BCUT2D eigenvalue weighted by Gasteiger charge is 2.20. The Morgan fingerprint density at radius 1 is 1.06 bits per heavy atom. The van der Waals surface area contributed by atoms with Crippen molar-refractivity contribution in [1.82, 2.24) is 4.98 Å². The Morgan fingerprint density at radius 3 is 2.61 bits per heavy atom. The van der Waals surface area contributed by atoms with Gasteiger partial charge in [0.1, 0.15) is 5.82 Å². The third kappa shape index (κ3) is 5.71. The lowest BCUT2D eigenvalue weighted by atomic mass is 10.2. The van der Waals surface area contributed by atoms with Crippen LogP contribution in [0.25, 0.3) is 10.2 Å². The predicted molar refractivity (Wildman–Crippen MR) is 128 cm³/mol. The second-order valence-corrected chi connectivity index (χ2v) is 9.52. The van der Waals surface area contributed by atoms with Crippen LogP contribution in [0.1, 0.15) is 24.0 Å². The molecule has 0 saturated carbocycles. The lowest BCUT2D eigenvalue weighted by Gasteiger charge is -2.20. The maximum atomic E-state index is 13.2. The van der Waals surface area contributed by atoms with Crippen LogP contribution in [0.5, 0.6) is 0 Å². The molecule has 3 nitrogen and oxygen atoms in total. The van der Waals surface area contributed by atoms with Gasteiger partial charge in [0.25, 0.3) is 0 Å². The summed E-state index contributed by atoms with van der Waals surface area (Å²) in [6.07, 6.45) is 1.19. The van der Waals surface area contributed by atoms with Crippen LogP contribution in [-0.4, -0.2) is 16.6 Å². The normalized spacial score (nSPS) is 11.0. The van der Waals surface area contributed by atoms with Gasteiger partial charge in [0.15, 0.2) is 5.13 Å². The Hall–Kier alpha value is -2.70. The average Bonchev–Trinajstić information content (AvgIpc) is 3.19. The van der Waals surface area contributed by atoms with E-state index in [2.05, 4.69) is 13.0 Å². The summed E-state index contributed by atoms with van der Waals surface area (Å²) in [6.45, 7) is 2.56. The molecule has 0 aliphatic heterocycles. The van der Waals surface area contributed by atoms with Gasteiger partial charge in [-0.3, -0.25) is 9.69 Å². The van der Waals surface area contributed by atoms with Crippen LogP contribution in [0.15, 0.2) is 77.7 Å². The number of halogens is 1. The van der Waals surface area contributed by atoms with Gasteiger partial charge in [-0.15, -0.1) is 11.8 Å². The molecule has 0 spiro atoms. The first kappa shape index (κ1) is 21.5. The molecule has 0 atom stereocenters. The molecule has 0 aliphatic carbocycles. The molecule has 1 aromatic heterocycles. The molecule has 31 heavy (non-hydrogen) atoms. The van der Waals surface area contributed by atoms with E-state index in [1.165, 1.54) is 17.7 Å². The van der Waals surface area contributed by atoms with E-state index in [0.717, 1.165) is 38.0 Å². The first-order valence-corrected chi connectivity index (χ1v) is 12.0. The van der Waals surface area contributed by atoms with E-state index in [-0.39, 0.29) is 11.7 Å². The summed E-state index contributed by atoms with van der Waals surface area (Å²) in [4.78, 5) is 20.7. The van der Waals surface area contributed by atoms with Crippen molar-refractivity contribution in [1.29, 1.82) is 0 Å². The van der Waals surface area contributed by atoms with Crippen molar-refractivity contribution in [2.24, 2.45) is 0 Å². The smallest absolute Gasteiger partial charge is 0.229 e. The van der Waals surface area contributed by atoms with Crippen molar-refractivity contribution in [3.63, 3.8) is 0 Å². The average molecular weight is 451 g/mol. The lowest BCUT2D eigenvalue weighted by molar-refractivity contribution is -0.118. The maximum absolute atomic E-state index is 13.2. The maximum Gasteiger partial charge on any atom is 0.229 e. The molecule has 0 saturated heterocycles. The second-order valence-electron chi connectivity index (χ2n) is 7.34. The van der Waals surface area contributed by atoms with Gasteiger partial charge in [-0.25, -0.2) is 9.37 Å². The molecular formula is C25H23FN2OS2. The molecule has 0 fully saturated rings. The second kappa shape index (κ2) is 10.1. The Bertz CT molecular complexity index is 1160. The van der Waals surface area contributed by atoms with Gasteiger partial charge in [-0.2, -0.15) is 0 Å². The highest BCUT2D eigenvalue weighted by molar-refractivity contribution is 7.99. The number of anilines is 1. The Kier molecular flexibility index (Phi) is 6.99. The fourth-order valence-electron chi connectivity index (χ4n) is 3.24. The predicted octanol–water partition coefficient (Wildman–Crippen LogP) is 6.85. The summed E-state index contributed by atoms with van der Waals surface area (Å²) < 4.78 is 14.1. The number of amides is 1. The number of aromatic nitrogens is 1. The number of thioether (sulfide) groups is 1. The van der Waals surface area contributed by atoms with Gasteiger partial charge in [0.2, 0.25) is 5.91 Å². The number of carbonyl (C=O) groups excluding carboxylic acids is 1. The molecule has 0 radical (unpaired) electrons. The lowest BCUT2D eigenvalue weighted by Crippen LogP contribution is -2.30. The SMILES string of the molecule is Cc1ccc2nc(N(Cc3ccccc3)C(=O)CCCSc3ccc(F)cc3)sc2c1. The highest BCUT2D eigenvalue weighted by atomic mass is 32.2. The minimum absolute atomic E-state index is 0.0688. The fourth-order valence-corrected chi connectivity index (χ4v) is 5.18. The molecule has 0 unspecified atom stereocenters. The summed E-state index contributed by atoms with van der Waals surface area (Å²) >= 11 is 3.20. The molecule has 1 amide bonds. The molecule has 4 aromatic rings. The molecule has 158 valence electrons. The first-order valence-electron chi connectivity index (χ1n) is 10.2. The first-order chi connectivity index (χ1) is 15.1. The van der Waals surface area contributed by atoms with Crippen LogP contribution < -0.4 is 4.90 Å². The van der Waals surface area contributed by atoms with Crippen LogP contribution in [-0.2, 0) is 11.3 Å². The van der Waals surface area contributed by atoms with E-state index in [4.69, 9.17) is 4.98 Å². The fraction of sp³-hybridized carbons (Fsp3) is 0.200. The summed E-state index contributed by atoms with van der Waals surface area (Å²) in [7, 11) is 0. The van der Waals surface area contributed by atoms with E-state index < -0.39 is 0 Å². The number of nitrogens with zero attached hydrogens (tertiary/aromatic N) is 2. The van der Waals surface area contributed by atoms with Crippen LogP contribution in [0.4, 0.5) is 9.52 Å². The van der Waals surface area contributed by atoms with Crippen LogP contribution >= 0.6 is 23.1 Å². The molecule has 0 N–H and O–H groups in total. The monoisotopic (exact) mass is 450 g/mol. The number of thiazole rings is 1. The third-order valence-corrected chi connectivity index (χ3v) is 7.00. The van der Waals surface area contributed by atoms with Crippen molar-refractivity contribution >= 4 is 44.4 Å². The molecule has 6 heteroatoms. The van der Waals surface area contributed by atoms with Gasteiger partial charge in [0, 0.05) is 11.3 Å². The number of carbonyl (C=O) groups is 1. The van der Waals surface area contributed by atoms with Gasteiger partial charge >= 0.3 is 0 Å². The van der Waals surface area contributed by atoms with E-state index >= 15 is 0 Å². The van der Waals surface area contributed by atoms with Gasteiger partial charge in [0.05, 0.1) is 16.8 Å². The molecule has 0 bridgehead atoms. The van der Waals surface area contributed by atoms with Crippen LogP contribution in [0.3, 0.4) is 0 Å². The zero-order valence-corrected chi connectivity index (χ0v) is 18.9. The third-order valence-electron chi connectivity index (χ3n) is 4.87. The number of hydrogen-bond acceptors (Lipinski definition) is 4. The van der Waals surface area contributed by atoms with E-state index in [0.29, 0.717) is 13.0 Å². The summed E-state index contributed by atoms with van der Waals surface area (Å²) in [5.74, 6) is 0.636. The molecular weight excluding hydrogens is 427 g/mol. The minimum Gasteiger partial charge on any atom is -0.284 e. The Morgan fingerprint density at radius 2 is 1.84 bits per heavy atom. The zero-order chi connectivity index (χ0) is 21.6. The Labute approximate surface area is 189 Å². The standard InChI is InChI=1S/C25H23FN2OS2/c1-18-9-14-22-23(16-18)31-25(27-22)28(17-19-6-3-2-4-7-19)24(29)8-5-15-30-21-12-10-20(26)11-13-21/h2-4,6-7,9-14,16H,5,8,15,17H2,1H3. The summed E-state index contributed by atoms with van der Waals surface area (Å²) in [6, 6.07) is 22.6. The molecule has 0 aliphatic rings. The van der Waals surface area contributed by atoms with Gasteiger partial charge < -0.3 is 0 Å². The zero-order valence-electron chi connectivity index (χ0n) is 17.3. The van der Waals surface area contributed by atoms with Crippen molar-refractivity contribution in [3.8, 4) is 0 Å². The van der Waals surface area contributed by atoms with Crippen LogP contribution in [0, 0.1) is 12.7 Å². The number of fused-ring (bicyclic) bond motifs is 1. The van der Waals surface area contributed by atoms with Gasteiger partial charge in [-0.1, -0.05) is 47.7 Å². The largest absolute Gasteiger partial charge is 0.284 e. The van der Waals surface area contributed by atoms with Crippen LogP contribution in [0.2, 0.25) is 0 Å². The number of aryl methyl sites for hydroxylation is 1. The number of benzene rings is 3. The quantitative estimate of drug-likeness (QED) is 0.217. The van der Waals surface area contributed by atoms with Gasteiger partial charge in [-0.05, 0) is 66.6 Å². The van der Waals surface area contributed by atoms with Crippen molar-refractivity contribution in [3.05, 3.63) is 89.7 Å². The number of rotatable bonds is 8. The number of hydrogen-bond donors (Lipinski definition) is 0. The molecule has 1 heterocycles. The minimum atomic E-state index is -0.234. The molecule has 3 aromatic carbocycles. The molecule has 4 rings (SSSR count). The Balaban J connectivity index is 1.46. The van der Waals surface area contributed by atoms with Crippen molar-refractivity contribution in [2.75, 3.05) is 10.7 Å². The van der Waals surface area contributed by atoms with Crippen molar-refractivity contribution in [2.45, 2.75) is 31.2 Å². The van der Waals surface area contributed by atoms with E-state index in [1.54, 1.807) is 40.1 Å². The summed E-state index contributed by atoms with van der Waals surface area (Å²) in [5, 5.41) is 0.737. The van der Waals surface area contributed by atoms with Crippen molar-refractivity contribution < 1.29 is 9.18 Å².